The van der Waals surface area contributed by atoms with E-state index in [0.29, 0.717) is 25.1 Å². The fraction of sp³-hybridized carbons (Fsp3) is 0.542. The number of imide groups is 1. The van der Waals surface area contributed by atoms with Crippen LogP contribution in [0, 0.1) is 23.7 Å². The number of para-hydroxylation sites is 1. The number of fused-ring (bicyclic) bond motifs is 6. The highest BCUT2D eigenvalue weighted by molar-refractivity contribution is 14.0. The van der Waals surface area contributed by atoms with E-state index in [1.54, 1.807) is 7.05 Å². The molecule has 2 fully saturated rings. The number of amides is 2. The normalized spacial score (nSPS) is 28.6. The number of rotatable bonds is 6. The average Bonchev–Trinajstić information content (AvgIpc) is 3.55. The molecular formula is C24H32IN5O2. The molecule has 5 unspecified atom stereocenters. The number of anilines is 1. The van der Waals surface area contributed by atoms with Gasteiger partial charge in [0.1, 0.15) is 0 Å². The second-order valence-corrected chi connectivity index (χ2v) is 9.13. The van der Waals surface area contributed by atoms with E-state index in [4.69, 9.17) is 0 Å². The molecule has 2 aliphatic carbocycles. The van der Waals surface area contributed by atoms with E-state index in [1.165, 1.54) is 16.2 Å². The lowest BCUT2D eigenvalue weighted by Crippen LogP contribution is -2.47. The van der Waals surface area contributed by atoms with Crippen LogP contribution in [-0.4, -0.2) is 61.9 Å². The number of benzene rings is 1. The molecule has 2 N–H and O–H groups in total. The first-order chi connectivity index (χ1) is 15.1. The van der Waals surface area contributed by atoms with Gasteiger partial charge in [0.25, 0.3) is 0 Å². The number of hydrogen-bond donors (Lipinski definition) is 2. The summed E-state index contributed by atoms with van der Waals surface area (Å²) in [5, 5.41) is 6.65. The first kappa shape index (κ1) is 23.1. The summed E-state index contributed by atoms with van der Waals surface area (Å²) >= 11 is 0. The Hall–Kier alpha value is -2.10. The monoisotopic (exact) mass is 549 g/mol. The first-order valence-electron chi connectivity index (χ1n) is 11.4. The van der Waals surface area contributed by atoms with Crippen LogP contribution >= 0.6 is 24.0 Å². The third kappa shape index (κ3) is 3.91. The molecule has 0 spiro atoms. The highest BCUT2D eigenvalue weighted by Gasteiger charge is 2.58. The molecule has 5 atom stereocenters. The van der Waals surface area contributed by atoms with Gasteiger partial charge < -0.3 is 15.5 Å². The number of guanidine groups is 1. The summed E-state index contributed by atoms with van der Waals surface area (Å²) in [4.78, 5) is 33.8. The van der Waals surface area contributed by atoms with Gasteiger partial charge in [0.05, 0.1) is 11.8 Å². The zero-order chi connectivity index (χ0) is 21.5. The van der Waals surface area contributed by atoms with Crippen molar-refractivity contribution in [3.05, 3.63) is 42.0 Å². The molecule has 1 aromatic rings. The molecule has 1 saturated carbocycles. The highest BCUT2D eigenvalue weighted by atomic mass is 127. The quantitative estimate of drug-likeness (QED) is 0.187. The molecule has 5 rings (SSSR count). The maximum absolute atomic E-state index is 12.8. The van der Waals surface area contributed by atoms with Crippen LogP contribution in [0.3, 0.4) is 0 Å². The van der Waals surface area contributed by atoms with Crippen molar-refractivity contribution in [2.45, 2.75) is 25.8 Å². The number of carbonyl (C=O) groups excluding carboxylic acids is 2. The van der Waals surface area contributed by atoms with Crippen molar-refractivity contribution in [2.75, 3.05) is 38.1 Å². The van der Waals surface area contributed by atoms with Gasteiger partial charge >= 0.3 is 0 Å². The van der Waals surface area contributed by atoms with Gasteiger partial charge in [-0.3, -0.25) is 19.5 Å². The van der Waals surface area contributed by atoms with Crippen molar-refractivity contribution in [1.82, 2.24) is 15.5 Å². The zero-order valence-electron chi connectivity index (χ0n) is 18.7. The lowest BCUT2D eigenvalue weighted by molar-refractivity contribution is -0.140. The van der Waals surface area contributed by atoms with E-state index in [1.807, 2.05) is 0 Å². The molecule has 1 aromatic carbocycles. The number of hydrogen-bond acceptors (Lipinski definition) is 4. The number of nitrogens with one attached hydrogen (secondary N) is 2. The summed E-state index contributed by atoms with van der Waals surface area (Å²) in [6.07, 6.45) is 6.31. The van der Waals surface area contributed by atoms with Gasteiger partial charge in [-0.2, -0.15) is 0 Å². The van der Waals surface area contributed by atoms with Gasteiger partial charge in [-0.25, -0.2) is 0 Å². The lowest BCUT2D eigenvalue weighted by atomic mass is 9.85. The summed E-state index contributed by atoms with van der Waals surface area (Å²) in [7, 11) is 1.74. The van der Waals surface area contributed by atoms with Gasteiger partial charge in [0, 0.05) is 45.0 Å². The molecule has 2 aliphatic heterocycles. The largest absolute Gasteiger partial charge is 0.366 e. The number of halogens is 1. The van der Waals surface area contributed by atoms with E-state index in [0.717, 1.165) is 25.9 Å². The molecule has 32 heavy (non-hydrogen) atoms. The maximum atomic E-state index is 12.8. The Bertz CT molecular complexity index is 918. The Kier molecular flexibility index (Phi) is 6.78. The molecule has 2 heterocycles. The number of carbonyl (C=O) groups is 2. The van der Waals surface area contributed by atoms with E-state index in [-0.39, 0.29) is 59.5 Å². The second kappa shape index (κ2) is 9.41. The SMILES string of the molecule is CN=C(NCCN1C(=O)C2C3C=CC(C3)C2C1=O)NCC(C)N1CCc2ccccc21.I. The van der Waals surface area contributed by atoms with E-state index in [9.17, 15) is 9.59 Å². The van der Waals surface area contributed by atoms with Crippen molar-refractivity contribution in [1.29, 1.82) is 0 Å². The Morgan fingerprint density at radius 3 is 2.50 bits per heavy atom. The number of aliphatic imine (C=N–C) groups is 1. The van der Waals surface area contributed by atoms with Gasteiger partial charge in [0.2, 0.25) is 11.8 Å². The third-order valence-corrected chi connectivity index (χ3v) is 7.43. The Balaban J connectivity index is 0.00000245. The zero-order valence-corrected chi connectivity index (χ0v) is 21.0. The Morgan fingerprint density at radius 1 is 1.12 bits per heavy atom. The van der Waals surface area contributed by atoms with Crippen LogP contribution in [0.4, 0.5) is 5.69 Å². The summed E-state index contributed by atoms with van der Waals surface area (Å²) in [5.74, 6) is 0.997. The summed E-state index contributed by atoms with van der Waals surface area (Å²) in [5.41, 5.74) is 2.73. The highest BCUT2D eigenvalue weighted by Crippen LogP contribution is 2.52. The minimum absolute atomic E-state index is 0. The first-order valence-corrected chi connectivity index (χ1v) is 11.4. The van der Waals surface area contributed by atoms with Crippen LogP contribution in [0.2, 0.25) is 0 Å². The van der Waals surface area contributed by atoms with Gasteiger partial charge in [-0.15, -0.1) is 24.0 Å². The van der Waals surface area contributed by atoms with Crippen LogP contribution in [0.5, 0.6) is 0 Å². The van der Waals surface area contributed by atoms with Crippen LogP contribution in [0.15, 0.2) is 41.4 Å². The molecule has 1 saturated heterocycles. The third-order valence-electron chi connectivity index (χ3n) is 7.43. The fourth-order valence-corrected chi connectivity index (χ4v) is 5.87. The van der Waals surface area contributed by atoms with Crippen LogP contribution in [-0.2, 0) is 16.0 Å². The van der Waals surface area contributed by atoms with Crippen molar-refractivity contribution in [3.63, 3.8) is 0 Å². The average molecular weight is 549 g/mol. The predicted molar refractivity (Wildman–Crippen MR) is 136 cm³/mol. The molecule has 8 heteroatoms. The smallest absolute Gasteiger partial charge is 0.233 e. The molecule has 4 aliphatic rings. The van der Waals surface area contributed by atoms with Gasteiger partial charge in [0.15, 0.2) is 5.96 Å². The van der Waals surface area contributed by atoms with Crippen molar-refractivity contribution < 1.29 is 9.59 Å². The van der Waals surface area contributed by atoms with E-state index < -0.39 is 0 Å². The topological polar surface area (TPSA) is 77.0 Å². The maximum Gasteiger partial charge on any atom is 0.233 e. The van der Waals surface area contributed by atoms with Crippen molar-refractivity contribution in [2.24, 2.45) is 28.7 Å². The van der Waals surface area contributed by atoms with Crippen molar-refractivity contribution in [3.8, 4) is 0 Å². The minimum atomic E-state index is -0.121. The minimum Gasteiger partial charge on any atom is -0.366 e. The predicted octanol–water partition coefficient (Wildman–Crippen LogP) is 2.03. The van der Waals surface area contributed by atoms with Gasteiger partial charge in [-0.1, -0.05) is 30.4 Å². The lowest BCUT2D eigenvalue weighted by Gasteiger charge is -2.28. The van der Waals surface area contributed by atoms with Gasteiger partial charge in [-0.05, 0) is 43.2 Å². The molecule has 0 radical (unpaired) electrons. The van der Waals surface area contributed by atoms with Crippen LogP contribution in [0.25, 0.3) is 0 Å². The number of likely N-dealkylation sites (tertiary alicyclic amines) is 1. The number of allylic oxidation sites excluding steroid dienone is 2. The van der Waals surface area contributed by atoms with E-state index >= 15 is 0 Å². The van der Waals surface area contributed by atoms with Crippen LogP contribution < -0.4 is 15.5 Å². The standard InChI is InChI=1S/C24H31N5O2.HI/c1-15(28-11-9-16-5-3-4-6-19(16)28)14-27-24(25-2)26-10-12-29-22(30)20-17-7-8-18(13-17)21(20)23(29)31;/h3-8,15,17-18,20-21H,9-14H2,1-2H3,(H2,25,26,27);1H. The van der Waals surface area contributed by atoms with Crippen LogP contribution in [0.1, 0.15) is 18.9 Å². The molecule has 0 aromatic heterocycles. The van der Waals surface area contributed by atoms with E-state index in [2.05, 4.69) is 63.9 Å². The molecule has 172 valence electrons. The second-order valence-electron chi connectivity index (χ2n) is 9.13. The Morgan fingerprint density at radius 2 is 1.81 bits per heavy atom. The molecular weight excluding hydrogens is 517 g/mol. The summed E-state index contributed by atoms with van der Waals surface area (Å²) in [6.45, 7) is 4.90. The number of nitrogens with zero attached hydrogens (tertiary/aromatic N) is 3. The van der Waals surface area contributed by atoms with Crippen molar-refractivity contribution >= 4 is 47.4 Å². The fourth-order valence-electron chi connectivity index (χ4n) is 5.87. The molecule has 7 nitrogen and oxygen atoms in total. The summed E-state index contributed by atoms with van der Waals surface area (Å²) in [6, 6.07) is 8.90. The molecule has 2 bridgehead atoms. The molecule has 2 amide bonds. The Labute approximate surface area is 206 Å². The summed E-state index contributed by atoms with van der Waals surface area (Å²) < 4.78 is 0.